The van der Waals surface area contributed by atoms with Crippen molar-refractivity contribution in [1.29, 1.82) is 0 Å². The third-order valence-corrected chi connectivity index (χ3v) is 5.42. The number of ether oxygens (including phenoxy) is 1. The van der Waals surface area contributed by atoms with Crippen molar-refractivity contribution >= 4 is 40.7 Å². The number of hydrogen-bond acceptors (Lipinski definition) is 7. The fourth-order valence-corrected chi connectivity index (χ4v) is 4.08. The third-order valence-electron chi connectivity index (χ3n) is 4.35. The second kappa shape index (κ2) is 6.92. The number of primary amides is 1. The number of amides is 1. The van der Waals surface area contributed by atoms with Crippen LogP contribution >= 0.6 is 11.8 Å². The average molecular weight is 382 g/mol. The number of aryl methyl sites for hydroxylation is 1. The molecule has 0 radical (unpaired) electrons. The SMILES string of the molecule is C=Cc1cc2c(cc1Sc1nc3c(N)ncnc3n1CCC(N)=O)CCO2. The van der Waals surface area contributed by atoms with E-state index in [-0.39, 0.29) is 6.42 Å². The lowest BCUT2D eigenvalue weighted by Gasteiger charge is -2.10. The van der Waals surface area contributed by atoms with Crippen LogP contribution in [0, 0.1) is 0 Å². The van der Waals surface area contributed by atoms with Crippen LogP contribution < -0.4 is 16.2 Å². The highest BCUT2D eigenvalue weighted by molar-refractivity contribution is 7.99. The van der Waals surface area contributed by atoms with E-state index in [2.05, 4.69) is 27.6 Å². The van der Waals surface area contributed by atoms with Gasteiger partial charge in [0.1, 0.15) is 12.1 Å². The first-order valence-corrected chi connectivity index (χ1v) is 9.23. The molecule has 1 amide bonds. The summed E-state index contributed by atoms with van der Waals surface area (Å²) in [6.45, 7) is 4.94. The summed E-state index contributed by atoms with van der Waals surface area (Å²) < 4.78 is 7.48. The van der Waals surface area contributed by atoms with Crippen molar-refractivity contribution in [3.8, 4) is 5.75 Å². The van der Waals surface area contributed by atoms with Gasteiger partial charge in [0, 0.05) is 24.3 Å². The summed E-state index contributed by atoms with van der Waals surface area (Å²) in [5.41, 5.74) is 14.5. The number of carbonyl (C=O) groups excluding carboxylic acids is 1. The molecule has 2 aromatic heterocycles. The van der Waals surface area contributed by atoms with Gasteiger partial charge in [0.15, 0.2) is 22.1 Å². The molecule has 1 aromatic carbocycles. The van der Waals surface area contributed by atoms with Gasteiger partial charge in [0.25, 0.3) is 0 Å². The lowest BCUT2D eigenvalue weighted by Crippen LogP contribution is -2.14. The number of hydrogen-bond donors (Lipinski definition) is 2. The zero-order valence-electron chi connectivity index (χ0n) is 14.5. The minimum atomic E-state index is -0.392. The average Bonchev–Trinajstić information content (AvgIpc) is 3.24. The first kappa shape index (κ1) is 17.3. The molecule has 1 aliphatic rings. The Morgan fingerprint density at radius 1 is 1.41 bits per heavy atom. The van der Waals surface area contributed by atoms with Gasteiger partial charge in [-0.1, -0.05) is 24.4 Å². The number of nitrogens with two attached hydrogens (primary N) is 2. The fourth-order valence-electron chi connectivity index (χ4n) is 3.00. The molecule has 0 bridgehead atoms. The van der Waals surface area contributed by atoms with Crippen LogP contribution in [0.25, 0.3) is 17.2 Å². The van der Waals surface area contributed by atoms with E-state index >= 15 is 0 Å². The zero-order valence-corrected chi connectivity index (χ0v) is 15.3. The monoisotopic (exact) mass is 382 g/mol. The quantitative estimate of drug-likeness (QED) is 0.668. The summed E-state index contributed by atoms with van der Waals surface area (Å²) in [6, 6.07) is 4.08. The molecule has 4 N–H and O–H groups in total. The zero-order chi connectivity index (χ0) is 19.0. The van der Waals surface area contributed by atoms with Gasteiger partial charge in [-0.05, 0) is 23.3 Å². The number of rotatable bonds is 6. The van der Waals surface area contributed by atoms with Gasteiger partial charge in [0.2, 0.25) is 5.91 Å². The van der Waals surface area contributed by atoms with Crippen LogP contribution in [-0.2, 0) is 17.8 Å². The van der Waals surface area contributed by atoms with Gasteiger partial charge in [0.05, 0.1) is 6.61 Å². The summed E-state index contributed by atoms with van der Waals surface area (Å²) >= 11 is 1.47. The van der Waals surface area contributed by atoms with Crippen LogP contribution in [0.5, 0.6) is 5.75 Å². The van der Waals surface area contributed by atoms with Crippen molar-refractivity contribution in [2.75, 3.05) is 12.3 Å². The maximum absolute atomic E-state index is 11.3. The molecule has 4 rings (SSSR count). The Kier molecular flexibility index (Phi) is 4.44. The molecule has 9 heteroatoms. The van der Waals surface area contributed by atoms with Crippen molar-refractivity contribution in [2.45, 2.75) is 29.4 Å². The topological polar surface area (TPSA) is 122 Å². The fraction of sp³-hybridized carbons (Fsp3) is 0.222. The Labute approximate surface area is 159 Å². The molecule has 8 nitrogen and oxygen atoms in total. The van der Waals surface area contributed by atoms with Crippen molar-refractivity contribution in [1.82, 2.24) is 19.5 Å². The van der Waals surface area contributed by atoms with Crippen molar-refractivity contribution in [3.63, 3.8) is 0 Å². The van der Waals surface area contributed by atoms with Crippen LogP contribution in [0.15, 0.2) is 35.1 Å². The molecular weight excluding hydrogens is 364 g/mol. The van der Waals surface area contributed by atoms with E-state index in [1.54, 1.807) is 6.08 Å². The summed E-state index contributed by atoms with van der Waals surface area (Å²) in [4.78, 5) is 25.2. The Morgan fingerprint density at radius 2 is 2.26 bits per heavy atom. The van der Waals surface area contributed by atoms with Crippen molar-refractivity contribution < 1.29 is 9.53 Å². The molecule has 0 atom stereocenters. The highest BCUT2D eigenvalue weighted by Crippen LogP contribution is 2.38. The number of imidazole rings is 1. The highest BCUT2D eigenvalue weighted by Gasteiger charge is 2.20. The van der Waals surface area contributed by atoms with Crippen LogP contribution in [0.3, 0.4) is 0 Å². The highest BCUT2D eigenvalue weighted by atomic mass is 32.2. The van der Waals surface area contributed by atoms with E-state index in [1.165, 1.54) is 18.1 Å². The molecule has 1 aliphatic heterocycles. The maximum atomic E-state index is 11.3. The molecule has 0 aliphatic carbocycles. The predicted octanol–water partition coefficient (Wildman–Crippen LogP) is 2.01. The molecule has 0 unspecified atom stereocenters. The summed E-state index contributed by atoms with van der Waals surface area (Å²) in [6.07, 6.45) is 4.22. The second-order valence-electron chi connectivity index (χ2n) is 6.10. The molecule has 0 fully saturated rings. The second-order valence-corrected chi connectivity index (χ2v) is 7.10. The lowest BCUT2D eigenvalue weighted by molar-refractivity contribution is -0.118. The molecular formula is C18H18N6O2S. The van der Waals surface area contributed by atoms with Gasteiger partial charge >= 0.3 is 0 Å². The Hall–Kier alpha value is -3.07. The first-order valence-electron chi connectivity index (χ1n) is 8.42. The van der Waals surface area contributed by atoms with Crippen LogP contribution in [0.1, 0.15) is 17.5 Å². The first-order chi connectivity index (χ1) is 13.1. The smallest absolute Gasteiger partial charge is 0.219 e. The number of fused-ring (bicyclic) bond motifs is 2. The molecule has 0 saturated heterocycles. The van der Waals surface area contributed by atoms with Gasteiger partial charge in [-0.25, -0.2) is 15.0 Å². The number of aromatic nitrogens is 4. The van der Waals surface area contributed by atoms with Gasteiger partial charge < -0.3 is 20.8 Å². The van der Waals surface area contributed by atoms with Gasteiger partial charge in [-0.2, -0.15) is 0 Å². The number of benzene rings is 1. The summed E-state index contributed by atoms with van der Waals surface area (Å²) in [5, 5.41) is 0.667. The van der Waals surface area contributed by atoms with E-state index in [0.717, 1.165) is 28.2 Å². The van der Waals surface area contributed by atoms with E-state index in [9.17, 15) is 4.79 Å². The lowest BCUT2D eigenvalue weighted by atomic mass is 10.1. The largest absolute Gasteiger partial charge is 0.493 e. The number of carbonyl (C=O) groups is 1. The van der Waals surface area contributed by atoms with Gasteiger partial charge in [-0.3, -0.25) is 4.79 Å². The number of nitrogens with zero attached hydrogens (tertiary/aromatic N) is 4. The van der Waals surface area contributed by atoms with Crippen LogP contribution in [-0.4, -0.2) is 32.0 Å². The van der Waals surface area contributed by atoms with E-state index in [1.807, 2.05) is 10.6 Å². The summed E-state index contributed by atoms with van der Waals surface area (Å²) in [5.74, 6) is 0.800. The summed E-state index contributed by atoms with van der Waals surface area (Å²) in [7, 11) is 0. The minimum absolute atomic E-state index is 0.176. The Morgan fingerprint density at radius 3 is 3.04 bits per heavy atom. The van der Waals surface area contributed by atoms with Crippen molar-refractivity contribution in [2.24, 2.45) is 5.73 Å². The Bertz CT molecular complexity index is 1060. The van der Waals surface area contributed by atoms with Crippen LogP contribution in [0.2, 0.25) is 0 Å². The van der Waals surface area contributed by atoms with Crippen LogP contribution in [0.4, 0.5) is 5.82 Å². The predicted molar refractivity (Wildman–Crippen MR) is 103 cm³/mol. The van der Waals surface area contributed by atoms with E-state index in [4.69, 9.17) is 16.2 Å². The Balaban J connectivity index is 1.79. The molecule has 3 aromatic rings. The maximum Gasteiger partial charge on any atom is 0.219 e. The third kappa shape index (κ3) is 3.21. The molecule has 138 valence electrons. The minimum Gasteiger partial charge on any atom is -0.493 e. The number of nitrogen functional groups attached to an aromatic ring is 1. The van der Waals surface area contributed by atoms with E-state index < -0.39 is 5.91 Å². The normalized spacial score (nSPS) is 12.7. The standard InChI is InChI=1S/C18H18N6O2S/c1-2-10-7-12-11(4-6-26-12)8-13(10)27-18-23-15-16(20)21-9-22-17(15)24(18)5-3-14(19)25/h2,7-9H,1,3-6H2,(H2,19,25)(H2,20,21,22). The molecule has 0 spiro atoms. The van der Waals surface area contributed by atoms with E-state index in [0.29, 0.717) is 35.3 Å². The van der Waals surface area contributed by atoms with Crippen molar-refractivity contribution in [3.05, 3.63) is 36.2 Å². The molecule has 0 saturated carbocycles. The molecule has 3 heterocycles. The number of anilines is 1. The molecule has 27 heavy (non-hydrogen) atoms. The van der Waals surface area contributed by atoms with Gasteiger partial charge in [-0.15, -0.1) is 0 Å².